The molecule has 1 aromatic carbocycles. The minimum Gasteiger partial charge on any atom is -0.487 e. The second kappa shape index (κ2) is 5.36. The Balaban J connectivity index is 2.81. The van der Waals surface area contributed by atoms with E-state index in [2.05, 4.69) is 0 Å². The van der Waals surface area contributed by atoms with Crippen LogP contribution in [0.4, 0.5) is 0 Å². The monoisotopic (exact) mass is 210 g/mol. The van der Waals surface area contributed by atoms with E-state index in [0.29, 0.717) is 11.5 Å². The highest BCUT2D eigenvalue weighted by Gasteiger charge is 2.09. The molecule has 0 saturated carbocycles. The van der Waals surface area contributed by atoms with Gasteiger partial charge < -0.3 is 14.6 Å². The lowest BCUT2D eigenvalue weighted by Crippen LogP contribution is -2.14. The van der Waals surface area contributed by atoms with Crippen LogP contribution in [0.2, 0.25) is 0 Å². The minimum atomic E-state index is -0.699. The standard InChI is InChI=1S/C11H14O4/c1-8(2)14-9-5-3-4-6-10(9)15-11(13)7-12/h3-6,8,12H,7H2,1-2H3. The number of hydrogen-bond donors (Lipinski definition) is 1. The third-order valence-electron chi connectivity index (χ3n) is 1.56. The summed E-state index contributed by atoms with van der Waals surface area (Å²) in [4.78, 5) is 10.9. The number of aliphatic hydroxyl groups is 1. The van der Waals surface area contributed by atoms with Crippen LogP contribution >= 0.6 is 0 Å². The van der Waals surface area contributed by atoms with E-state index in [-0.39, 0.29) is 6.10 Å². The molecule has 0 spiro atoms. The number of benzene rings is 1. The highest BCUT2D eigenvalue weighted by atomic mass is 16.6. The highest BCUT2D eigenvalue weighted by Crippen LogP contribution is 2.27. The van der Waals surface area contributed by atoms with Gasteiger partial charge in [0.2, 0.25) is 0 Å². The summed E-state index contributed by atoms with van der Waals surface area (Å²) in [5, 5.41) is 8.55. The van der Waals surface area contributed by atoms with Crippen LogP contribution in [-0.4, -0.2) is 23.8 Å². The largest absolute Gasteiger partial charge is 0.487 e. The average Bonchev–Trinajstić information content (AvgIpc) is 2.20. The predicted octanol–water partition coefficient (Wildman–Crippen LogP) is 1.37. The number of carbonyl (C=O) groups is 1. The Hall–Kier alpha value is -1.55. The first-order valence-electron chi connectivity index (χ1n) is 4.70. The van der Waals surface area contributed by atoms with Crippen molar-refractivity contribution in [2.75, 3.05) is 6.61 Å². The quantitative estimate of drug-likeness (QED) is 0.602. The molecule has 0 aliphatic heterocycles. The Labute approximate surface area is 88.4 Å². The van der Waals surface area contributed by atoms with Crippen molar-refractivity contribution in [3.05, 3.63) is 24.3 Å². The Bertz CT molecular complexity index is 333. The van der Waals surface area contributed by atoms with Crippen molar-refractivity contribution >= 4 is 5.97 Å². The molecule has 0 bridgehead atoms. The Kier molecular flexibility index (Phi) is 4.12. The van der Waals surface area contributed by atoms with Crippen LogP contribution in [0.15, 0.2) is 24.3 Å². The smallest absolute Gasteiger partial charge is 0.337 e. The summed E-state index contributed by atoms with van der Waals surface area (Å²) < 4.78 is 10.3. The van der Waals surface area contributed by atoms with Gasteiger partial charge in [-0.05, 0) is 26.0 Å². The van der Waals surface area contributed by atoms with Gasteiger partial charge in [0.25, 0.3) is 0 Å². The summed E-state index contributed by atoms with van der Waals surface area (Å²) in [7, 11) is 0. The van der Waals surface area contributed by atoms with Crippen LogP contribution in [0.3, 0.4) is 0 Å². The third-order valence-corrected chi connectivity index (χ3v) is 1.56. The first-order chi connectivity index (χ1) is 7.13. The van der Waals surface area contributed by atoms with Crippen molar-refractivity contribution in [1.82, 2.24) is 0 Å². The van der Waals surface area contributed by atoms with E-state index in [1.165, 1.54) is 0 Å². The zero-order valence-corrected chi connectivity index (χ0v) is 8.77. The van der Waals surface area contributed by atoms with Crippen molar-refractivity contribution < 1.29 is 19.4 Å². The predicted molar refractivity (Wildman–Crippen MR) is 54.9 cm³/mol. The Morgan fingerprint density at radius 3 is 2.47 bits per heavy atom. The number of ether oxygens (including phenoxy) is 2. The second-order valence-corrected chi connectivity index (χ2v) is 3.25. The highest BCUT2D eigenvalue weighted by molar-refractivity contribution is 5.74. The molecule has 0 unspecified atom stereocenters. The zero-order chi connectivity index (χ0) is 11.3. The van der Waals surface area contributed by atoms with Gasteiger partial charge in [0.1, 0.15) is 6.61 Å². The molecule has 0 atom stereocenters. The molecule has 4 nitrogen and oxygen atoms in total. The van der Waals surface area contributed by atoms with Gasteiger partial charge in [-0.2, -0.15) is 0 Å². The van der Waals surface area contributed by atoms with Crippen molar-refractivity contribution in [3.8, 4) is 11.5 Å². The first kappa shape index (κ1) is 11.5. The van der Waals surface area contributed by atoms with Gasteiger partial charge in [-0.1, -0.05) is 12.1 Å². The molecule has 0 aromatic heterocycles. The Morgan fingerprint density at radius 1 is 1.33 bits per heavy atom. The summed E-state index contributed by atoms with van der Waals surface area (Å²) >= 11 is 0. The van der Waals surface area contributed by atoms with Crippen molar-refractivity contribution in [2.45, 2.75) is 20.0 Å². The summed E-state index contributed by atoms with van der Waals surface area (Å²) in [6.45, 7) is 3.12. The molecule has 1 rings (SSSR count). The maximum absolute atomic E-state index is 10.9. The van der Waals surface area contributed by atoms with Crippen molar-refractivity contribution in [1.29, 1.82) is 0 Å². The second-order valence-electron chi connectivity index (χ2n) is 3.25. The lowest BCUT2D eigenvalue weighted by Gasteiger charge is -2.13. The molecule has 1 aromatic rings. The lowest BCUT2D eigenvalue weighted by molar-refractivity contribution is -0.137. The van der Waals surface area contributed by atoms with Gasteiger partial charge in [0, 0.05) is 0 Å². The van der Waals surface area contributed by atoms with Crippen LogP contribution < -0.4 is 9.47 Å². The molecule has 0 heterocycles. The fourth-order valence-corrected chi connectivity index (χ4v) is 1.04. The fourth-order valence-electron chi connectivity index (χ4n) is 1.04. The van der Waals surface area contributed by atoms with Gasteiger partial charge in [-0.15, -0.1) is 0 Å². The minimum absolute atomic E-state index is 0.000946. The number of esters is 1. The number of para-hydroxylation sites is 2. The molecule has 0 aliphatic carbocycles. The fraction of sp³-hybridized carbons (Fsp3) is 0.364. The first-order valence-corrected chi connectivity index (χ1v) is 4.70. The van der Waals surface area contributed by atoms with E-state index in [1.54, 1.807) is 24.3 Å². The van der Waals surface area contributed by atoms with E-state index >= 15 is 0 Å². The summed E-state index contributed by atoms with van der Waals surface area (Å²) in [5.41, 5.74) is 0. The molecule has 0 amide bonds. The molecular formula is C11H14O4. The van der Waals surface area contributed by atoms with Gasteiger partial charge in [-0.3, -0.25) is 0 Å². The molecule has 0 saturated heterocycles. The topological polar surface area (TPSA) is 55.8 Å². The van der Waals surface area contributed by atoms with Gasteiger partial charge in [-0.25, -0.2) is 4.79 Å². The average molecular weight is 210 g/mol. The van der Waals surface area contributed by atoms with E-state index in [0.717, 1.165) is 0 Å². The van der Waals surface area contributed by atoms with Crippen LogP contribution in [0, 0.1) is 0 Å². The molecule has 1 N–H and O–H groups in total. The molecule has 4 heteroatoms. The van der Waals surface area contributed by atoms with Gasteiger partial charge in [0.05, 0.1) is 6.10 Å². The lowest BCUT2D eigenvalue weighted by atomic mass is 10.3. The zero-order valence-electron chi connectivity index (χ0n) is 8.77. The molecular weight excluding hydrogens is 196 g/mol. The van der Waals surface area contributed by atoms with Crippen LogP contribution in [0.1, 0.15) is 13.8 Å². The number of hydrogen-bond acceptors (Lipinski definition) is 4. The van der Waals surface area contributed by atoms with E-state index < -0.39 is 12.6 Å². The summed E-state index contributed by atoms with van der Waals surface area (Å²) in [6.07, 6.45) is -0.000946. The molecule has 0 fully saturated rings. The summed E-state index contributed by atoms with van der Waals surface area (Å²) in [6, 6.07) is 6.84. The van der Waals surface area contributed by atoms with Crippen molar-refractivity contribution in [2.24, 2.45) is 0 Å². The van der Waals surface area contributed by atoms with Crippen LogP contribution in [-0.2, 0) is 4.79 Å². The third kappa shape index (κ3) is 3.59. The molecule has 82 valence electrons. The van der Waals surface area contributed by atoms with Crippen LogP contribution in [0.5, 0.6) is 11.5 Å². The van der Waals surface area contributed by atoms with E-state index in [1.807, 2.05) is 13.8 Å². The SMILES string of the molecule is CC(C)Oc1ccccc1OC(=O)CO. The molecule has 0 aliphatic rings. The normalized spacial score (nSPS) is 10.1. The van der Waals surface area contributed by atoms with E-state index in [4.69, 9.17) is 14.6 Å². The van der Waals surface area contributed by atoms with Gasteiger partial charge in [0.15, 0.2) is 11.5 Å². The Morgan fingerprint density at radius 2 is 1.93 bits per heavy atom. The molecule has 0 radical (unpaired) electrons. The van der Waals surface area contributed by atoms with Crippen LogP contribution in [0.25, 0.3) is 0 Å². The van der Waals surface area contributed by atoms with E-state index in [9.17, 15) is 4.79 Å². The molecule has 15 heavy (non-hydrogen) atoms. The number of carbonyl (C=O) groups excluding carboxylic acids is 1. The van der Waals surface area contributed by atoms with Gasteiger partial charge >= 0.3 is 5.97 Å². The number of rotatable bonds is 4. The maximum atomic E-state index is 10.9. The van der Waals surface area contributed by atoms with Crippen molar-refractivity contribution in [3.63, 3.8) is 0 Å². The summed E-state index contributed by atoms with van der Waals surface area (Å²) in [5.74, 6) is 0.120. The maximum Gasteiger partial charge on any atom is 0.337 e. The number of aliphatic hydroxyl groups excluding tert-OH is 1.